The molecule has 30 heavy (non-hydrogen) atoms. The molecule has 7 nitrogen and oxygen atoms in total. The van der Waals surface area contributed by atoms with Crippen molar-refractivity contribution >= 4 is 24.0 Å². The standard InChI is InChI=1S/C22H31N5O2.ClH/c1-16-7-8-18(13-21(16)29-15-17-5-3-2-4-6-17)24-22(28)20-14-27(26-25-20)19-9-11-23-12-10-19;/h7-8,13-14,17,19,23H,2-6,9-12,15H2,1H3,(H,24,28);1H. The summed E-state index contributed by atoms with van der Waals surface area (Å²) in [4.78, 5) is 12.6. The summed E-state index contributed by atoms with van der Waals surface area (Å²) in [6.45, 7) is 4.73. The fourth-order valence-electron chi connectivity index (χ4n) is 4.22. The van der Waals surface area contributed by atoms with E-state index in [-0.39, 0.29) is 18.3 Å². The summed E-state index contributed by atoms with van der Waals surface area (Å²) in [6, 6.07) is 6.10. The minimum Gasteiger partial charge on any atom is -0.493 e. The van der Waals surface area contributed by atoms with Crippen molar-refractivity contribution in [3.8, 4) is 5.75 Å². The summed E-state index contributed by atoms with van der Waals surface area (Å²) < 4.78 is 7.92. The van der Waals surface area contributed by atoms with Crippen LogP contribution in [0.2, 0.25) is 0 Å². The van der Waals surface area contributed by atoms with E-state index >= 15 is 0 Å². The lowest BCUT2D eigenvalue weighted by molar-refractivity contribution is 0.102. The lowest BCUT2D eigenvalue weighted by atomic mass is 9.90. The molecule has 0 bridgehead atoms. The Kier molecular flexibility index (Phi) is 8.10. The Morgan fingerprint density at radius 1 is 1.20 bits per heavy atom. The van der Waals surface area contributed by atoms with Crippen molar-refractivity contribution in [3.05, 3.63) is 35.7 Å². The maximum atomic E-state index is 12.6. The van der Waals surface area contributed by atoms with Crippen LogP contribution in [0, 0.1) is 12.8 Å². The molecule has 1 aromatic carbocycles. The number of benzene rings is 1. The molecule has 0 spiro atoms. The third-order valence-corrected chi connectivity index (χ3v) is 6.07. The van der Waals surface area contributed by atoms with Gasteiger partial charge < -0.3 is 15.4 Å². The van der Waals surface area contributed by atoms with Crippen LogP contribution < -0.4 is 15.4 Å². The lowest BCUT2D eigenvalue weighted by Gasteiger charge is -2.22. The number of carbonyl (C=O) groups excluding carboxylic acids is 1. The summed E-state index contributed by atoms with van der Waals surface area (Å²) in [5.74, 6) is 1.24. The third-order valence-electron chi connectivity index (χ3n) is 6.07. The first-order valence-corrected chi connectivity index (χ1v) is 10.9. The molecule has 164 valence electrons. The number of aromatic nitrogens is 3. The number of amides is 1. The molecule has 0 radical (unpaired) electrons. The summed E-state index contributed by atoms with van der Waals surface area (Å²) in [7, 11) is 0. The van der Waals surface area contributed by atoms with Crippen molar-refractivity contribution in [3.63, 3.8) is 0 Å². The molecule has 1 amide bonds. The van der Waals surface area contributed by atoms with Crippen LogP contribution in [0.25, 0.3) is 0 Å². The zero-order valence-corrected chi connectivity index (χ0v) is 18.4. The van der Waals surface area contributed by atoms with Crippen LogP contribution in [0.1, 0.15) is 67.0 Å². The van der Waals surface area contributed by atoms with Gasteiger partial charge in [-0.3, -0.25) is 4.79 Å². The normalized spacial score (nSPS) is 17.9. The number of rotatable bonds is 6. The molecule has 1 aliphatic heterocycles. The van der Waals surface area contributed by atoms with Crippen molar-refractivity contribution in [2.24, 2.45) is 5.92 Å². The highest BCUT2D eigenvalue weighted by atomic mass is 35.5. The first kappa shape index (κ1) is 22.6. The maximum absolute atomic E-state index is 12.6. The van der Waals surface area contributed by atoms with Crippen LogP contribution in [0.15, 0.2) is 24.4 Å². The van der Waals surface area contributed by atoms with E-state index in [1.807, 2.05) is 29.8 Å². The van der Waals surface area contributed by atoms with Crippen LogP contribution >= 0.6 is 12.4 Å². The largest absolute Gasteiger partial charge is 0.493 e. The number of ether oxygens (including phenoxy) is 1. The molecular formula is C22H32ClN5O2. The van der Waals surface area contributed by atoms with Gasteiger partial charge >= 0.3 is 0 Å². The first-order chi connectivity index (χ1) is 14.2. The van der Waals surface area contributed by atoms with Crippen LogP contribution in [-0.4, -0.2) is 40.6 Å². The lowest BCUT2D eigenvalue weighted by Crippen LogP contribution is -2.29. The Balaban J connectivity index is 0.00000256. The highest BCUT2D eigenvalue weighted by molar-refractivity contribution is 6.02. The van der Waals surface area contributed by atoms with Gasteiger partial charge in [0, 0.05) is 11.8 Å². The van der Waals surface area contributed by atoms with Gasteiger partial charge in [0.05, 0.1) is 18.8 Å². The smallest absolute Gasteiger partial charge is 0.277 e. The van der Waals surface area contributed by atoms with Gasteiger partial charge in [-0.2, -0.15) is 0 Å². The Morgan fingerprint density at radius 2 is 1.97 bits per heavy atom. The molecule has 1 aliphatic carbocycles. The van der Waals surface area contributed by atoms with E-state index in [1.165, 1.54) is 32.1 Å². The summed E-state index contributed by atoms with van der Waals surface area (Å²) in [5, 5.41) is 14.5. The van der Waals surface area contributed by atoms with E-state index in [2.05, 4.69) is 20.9 Å². The second-order valence-corrected chi connectivity index (χ2v) is 8.31. The average molecular weight is 434 g/mol. The van der Waals surface area contributed by atoms with E-state index < -0.39 is 0 Å². The van der Waals surface area contributed by atoms with Crippen molar-refractivity contribution in [2.75, 3.05) is 25.0 Å². The molecule has 2 fully saturated rings. The van der Waals surface area contributed by atoms with Gasteiger partial charge in [-0.15, -0.1) is 17.5 Å². The van der Waals surface area contributed by atoms with Gasteiger partial charge in [-0.1, -0.05) is 30.5 Å². The Hall–Kier alpha value is -2.12. The number of anilines is 1. The molecule has 4 rings (SSSR count). The second-order valence-electron chi connectivity index (χ2n) is 8.31. The highest BCUT2D eigenvalue weighted by Crippen LogP contribution is 2.27. The van der Waals surface area contributed by atoms with E-state index in [4.69, 9.17) is 4.74 Å². The molecule has 8 heteroatoms. The first-order valence-electron chi connectivity index (χ1n) is 10.9. The summed E-state index contributed by atoms with van der Waals surface area (Å²) in [5.41, 5.74) is 2.14. The molecule has 1 aromatic heterocycles. The van der Waals surface area contributed by atoms with E-state index in [9.17, 15) is 4.79 Å². The fraction of sp³-hybridized carbons (Fsp3) is 0.591. The zero-order chi connectivity index (χ0) is 20.1. The minimum absolute atomic E-state index is 0. The van der Waals surface area contributed by atoms with Gasteiger partial charge in [0.1, 0.15) is 5.75 Å². The number of aryl methyl sites for hydroxylation is 1. The van der Waals surface area contributed by atoms with Crippen LogP contribution in [0.4, 0.5) is 5.69 Å². The molecule has 1 saturated carbocycles. The number of piperidine rings is 1. The van der Waals surface area contributed by atoms with Gasteiger partial charge in [-0.05, 0) is 63.2 Å². The molecule has 2 heterocycles. The quantitative estimate of drug-likeness (QED) is 0.715. The molecule has 0 unspecified atom stereocenters. The molecule has 2 aliphatic rings. The zero-order valence-electron chi connectivity index (χ0n) is 17.6. The highest BCUT2D eigenvalue weighted by Gasteiger charge is 2.19. The SMILES string of the molecule is Cc1ccc(NC(=O)c2cn(C3CCNCC3)nn2)cc1OCC1CCCCC1.Cl. The van der Waals surface area contributed by atoms with Crippen molar-refractivity contribution in [1.82, 2.24) is 20.3 Å². The monoisotopic (exact) mass is 433 g/mol. The second kappa shape index (κ2) is 10.8. The van der Waals surface area contributed by atoms with Crippen LogP contribution in [0.3, 0.4) is 0 Å². The Labute approximate surface area is 184 Å². The van der Waals surface area contributed by atoms with Gasteiger partial charge in [0.25, 0.3) is 5.91 Å². The summed E-state index contributed by atoms with van der Waals surface area (Å²) >= 11 is 0. The van der Waals surface area contributed by atoms with E-state index in [1.54, 1.807) is 6.20 Å². The Bertz CT molecular complexity index is 829. The molecule has 2 aromatic rings. The molecule has 1 saturated heterocycles. The van der Waals surface area contributed by atoms with Crippen molar-refractivity contribution in [2.45, 2.75) is 57.9 Å². The molecule has 2 N–H and O–H groups in total. The van der Waals surface area contributed by atoms with Crippen LogP contribution in [0.5, 0.6) is 5.75 Å². The van der Waals surface area contributed by atoms with Gasteiger partial charge in [-0.25, -0.2) is 4.68 Å². The number of halogens is 1. The third kappa shape index (κ3) is 5.73. The number of nitrogens with zero attached hydrogens (tertiary/aromatic N) is 3. The van der Waals surface area contributed by atoms with E-state index in [0.717, 1.165) is 49.5 Å². The number of hydrogen-bond donors (Lipinski definition) is 2. The fourth-order valence-corrected chi connectivity index (χ4v) is 4.22. The van der Waals surface area contributed by atoms with Crippen molar-refractivity contribution in [1.29, 1.82) is 0 Å². The minimum atomic E-state index is -0.243. The predicted octanol–water partition coefficient (Wildman–Crippen LogP) is 4.14. The molecular weight excluding hydrogens is 402 g/mol. The number of hydrogen-bond acceptors (Lipinski definition) is 5. The maximum Gasteiger partial charge on any atom is 0.277 e. The van der Waals surface area contributed by atoms with E-state index in [0.29, 0.717) is 17.7 Å². The van der Waals surface area contributed by atoms with Gasteiger partial charge in [0.15, 0.2) is 5.69 Å². The topological polar surface area (TPSA) is 81.1 Å². The van der Waals surface area contributed by atoms with Gasteiger partial charge in [0.2, 0.25) is 0 Å². The van der Waals surface area contributed by atoms with Crippen molar-refractivity contribution < 1.29 is 9.53 Å². The average Bonchev–Trinajstić information content (AvgIpc) is 3.26. The number of nitrogens with one attached hydrogen (secondary N) is 2. The Morgan fingerprint density at radius 3 is 2.73 bits per heavy atom. The molecule has 0 atom stereocenters. The predicted molar refractivity (Wildman–Crippen MR) is 120 cm³/mol. The number of carbonyl (C=O) groups is 1. The van der Waals surface area contributed by atoms with Crippen LogP contribution in [-0.2, 0) is 0 Å². The summed E-state index contributed by atoms with van der Waals surface area (Å²) in [6.07, 6.45) is 10.2.